The Balaban J connectivity index is -0.00000103. The zero-order valence-corrected chi connectivity index (χ0v) is 30.5. The third-order valence-corrected chi connectivity index (χ3v) is 5.93. The first-order chi connectivity index (χ1) is 21.6. The van der Waals surface area contributed by atoms with Gasteiger partial charge < -0.3 is 31.5 Å². The fraction of sp³-hybridized carbons (Fsp3) is 0.758. The Bertz CT molecular complexity index is 917. The van der Waals surface area contributed by atoms with Crippen LogP contribution >= 0.6 is 0 Å². The third-order valence-electron chi connectivity index (χ3n) is 5.93. The number of nitrogens with zero attached hydrogens (tertiary/aromatic N) is 2. The highest BCUT2D eigenvalue weighted by Gasteiger charge is 2.43. The zero-order valence-electron chi connectivity index (χ0n) is 30.5. The van der Waals surface area contributed by atoms with E-state index in [2.05, 4.69) is 55.5 Å². The topological polar surface area (TPSA) is 183 Å². The van der Waals surface area contributed by atoms with Gasteiger partial charge in [0.1, 0.15) is 18.2 Å². The van der Waals surface area contributed by atoms with Crippen LogP contribution in [0.4, 0.5) is 4.79 Å². The summed E-state index contributed by atoms with van der Waals surface area (Å²) < 4.78 is 0. The average Bonchev–Trinajstić information content (AvgIpc) is 3.67. The summed E-state index contributed by atoms with van der Waals surface area (Å²) in [6, 6.07) is -2.07. The van der Waals surface area contributed by atoms with E-state index in [1.807, 2.05) is 34.6 Å². The second-order valence-corrected chi connectivity index (χ2v) is 11.9. The van der Waals surface area contributed by atoms with Gasteiger partial charge in [-0.3, -0.25) is 29.3 Å². The molecular weight excluding hydrogens is 590 g/mol. The maximum absolute atomic E-state index is 13.3. The van der Waals surface area contributed by atoms with Gasteiger partial charge in [-0.05, 0) is 38.0 Å². The number of amides is 6. The first kappa shape index (κ1) is 46.9. The number of likely N-dealkylation sites (N-methyl/N-ethyl adjacent to an activating group) is 1. The number of carbonyl (C=O) groups excluding carboxylic acids is 6. The Labute approximate surface area is 278 Å². The molecule has 0 radical (unpaired) electrons. The van der Waals surface area contributed by atoms with Crippen LogP contribution in [0.1, 0.15) is 108 Å². The Hall–Kier alpha value is -3.48. The van der Waals surface area contributed by atoms with Gasteiger partial charge in [0.05, 0.1) is 0 Å². The monoisotopic (exact) mass is 655 g/mol. The van der Waals surface area contributed by atoms with E-state index >= 15 is 0 Å². The van der Waals surface area contributed by atoms with Gasteiger partial charge >= 0.3 is 6.03 Å². The van der Waals surface area contributed by atoms with Crippen molar-refractivity contribution in [3.8, 4) is 0 Å². The minimum Gasteiger partial charge on any atom is -0.363 e. The molecule has 1 aliphatic heterocycles. The van der Waals surface area contributed by atoms with Crippen LogP contribution in [0.15, 0.2) is 12.7 Å². The predicted molar refractivity (Wildman–Crippen MR) is 185 cm³/mol. The van der Waals surface area contributed by atoms with Gasteiger partial charge in [0.15, 0.2) is 0 Å². The lowest BCUT2D eigenvalue weighted by molar-refractivity contribution is -0.143. The van der Waals surface area contributed by atoms with E-state index in [1.54, 1.807) is 20.0 Å². The molecule has 268 valence electrons. The lowest BCUT2D eigenvalue weighted by Crippen LogP contribution is -2.61. The lowest BCUT2D eigenvalue weighted by atomic mass is 9.85. The molecule has 0 spiro atoms. The summed E-state index contributed by atoms with van der Waals surface area (Å²) in [5.41, 5.74) is 4.51. The number of ketones is 1. The van der Waals surface area contributed by atoms with Crippen LogP contribution in [0.25, 0.3) is 0 Å². The molecule has 1 heterocycles. The van der Waals surface area contributed by atoms with Gasteiger partial charge in [-0.2, -0.15) is 0 Å². The smallest absolute Gasteiger partial charge is 0.315 e. The third kappa shape index (κ3) is 20.5. The van der Waals surface area contributed by atoms with Gasteiger partial charge in [0.2, 0.25) is 18.2 Å². The van der Waals surface area contributed by atoms with E-state index < -0.39 is 47.3 Å². The Kier molecular flexibility index (Phi) is 27.3. The second-order valence-electron chi connectivity index (χ2n) is 11.9. The number of likely N-dealkylation sites (tertiary alicyclic amines) is 1. The van der Waals surface area contributed by atoms with E-state index in [1.165, 1.54) is 22.6 Å². The molecule has 1 saturated carbocycles. The molecule has 46 heavy (non-hydrogen) atoms. The molecular formula is C33H65N7O6. The molecule has 1 aliphatic carbocycles. The van der Waals surface area contributed by atoms with Gasteiger partial charge in [-0.1, -0.05) is 81.2 Å². The van der Waals surface area contributed by atoms with E-state index in [-0.39, 0.29) is 11.9 Å². The summed E-state index contributed by atoms with van der Waals surface area (Å²) in [5, 5.41) is 10.8. The minimum absolute atomic E-state index is 0.0430. The standard InChI is InChI=1S/C20H34N6O5.C5H9NO.2C3H8.C2H6/c1-5-22-19(31)24-14(20(2,3)4)18(30)26-10-6-7-12(26)17(29)25-16(13(27)15(21)28)23-11-8-9-11;1-3-4-6(2)5-7;2*1-3-2;1-2/h11-12,14,16,23H,5-10H2,1-4H3,(H2,21,28)(H,25,29)(H2,22,24,31);3,5H,1,4H2,2H3;2*3H2,1-2H3;1-2H3. The molecule has 2 aliphatic rings. The van der Waals surface area contributed by atoms with Crippen molar-refractivity contribution in [3.05, 3.63) is 12.7 Å². The summed E-state index contributed by atoms with van der Waals surface area (Å²) in [5.74, 6) is -2.98. The van der Waals surface area contributed by atoms with Crippen molar-refractivity contribution in [3.63, 3.8) is 0 Å². The van der Waals surface area contributed by atoms with Crippen LogP contribution in [0.2, 0.25) is 0 Å². The number of Topliss-reactive ketones (excluding diaryl/α,β-unsaturated/α-hetero) is 1. The van der Waals surface area contributed by atoms with Crippen LogP contribution in [-0.4, -0.2) is 96.7 Å². The van der Waals surface area contributed by atoms with Crippen molar-refractivity contribution in [2.75, 3.05) is 26.7 Å². The van der Waals surface area contributed by atoms with Crippen LogP contribution < -0.4 is 27.0 Å². The van der Waals surface area contributed by atoms with Crippen LogP contribution in [0, 0.1) is 5.41 Å². The quantitative estimate of drug-likeness (QED) is 0.0926. The van der Waals surface area contributed by atoms with Crippen molar-refractivity contribution in [1.82, 2.24) is 31.1 Å². The largest absolute Gasteiger partial charge is 0.363 e. The SMILES string of the molecule is C=CCN(C)C=O.CC.CCC.CCC.CCNC(=O)NC(C(=O)N1CCCC1C(=O)NC(NC1CC1)C(=O)C(N)=O)C(C)(C)C. The Morgan fingerprint density at radius 1 is 0.978 bits per heavy atom. The molecule has 0 bridgehead atoms. The Morgan fingerprint density at radius 3 is 1.87 bits per heavy atom. The van der Waals surface area contributed by atoms with Gasteiger partial charge in [-0.25, -0.2) is 4.79 Å². The summed E-state index contributed by atoms with van der Waals surface area (Å²) >= 11 is 0. The maximum atomic E-state index is 13.3. The Morgan fingerprint density at radius 2 is 1.50 bits per heavy atom. The molecule has 1 saturated heterocycles. The molecule has 0 aromatic carbocycles. The fourth-order valence-corrected chi connectivity index (χ4v) is 3.76. The number of hydrogen-bond acceptors (Lipinski definition) is 7. The molecule has 0 aromatic heterocycles. The summed E-state index contributed by atoms with van der Waals surface area (Å²) in [7, 11) is 1.70. The van der Waals surface area contributed by atoms with E-state index in [0.29, 0.717) is 32.5 Å². The summed E-state index contributed by atoms with van der Waals surface area (Å²) in [6.45, 7) is 24.6. The van der Waals surface area contributed by atoms with Gasteiger partial charge in [0, 0.05) is 32.7 Å². The summed E-state index contributed by atoms with van der Waals surface area (Å²) in [6.07, 6.45) is 6.41. The van der Waals surface area contributed by atoms with E-state index in [0.717, 1.165) is 19.3 Å². The van der Waals surface area contributed by atoms with Crippen molar-refractivity contribution in [2.45, 2.75) is 132 Å². The van der Waals surface area contributed by atoms with Crippen molar-refractivity contribution < 1.29 is 28.8 Å². The number of rotatable bonds is 12. The first-order valence-electron chi connectivity index (χ1n) is 16.6. The molecule has 3 atom stereocenters. The highest BCUT2D eigenvalue weighted by Crippen LogP contribution is 2.26. The molecule has 13 nitrogen and oxygen atoms in total. The molecule has 6 amide bonds. The number of nitrogens with two attached hydrogens (primary N) is 1. The molecule has 2 fully saturated rings. The van der Waals surface area contributed by atoms with Gasteiger partial charge in [0.25, 0.3) is 11.7 Å². The van der Waals surface area contributed by atoms with Gasteiger partial charge in [-0.15, -0.1) is 6.58 Å². The number of primary amides is 1. The number of urea groups is 1. The summed E-state index contributed by atoms with van der Waals surface area (Å²) in [4.78, 5) is 74.5. The highest BCUT2D eigenvalue weighted by molar-refractivity contribution is 6.37. The van der Waals surface area contributed by atoms with Crippen LogP contribution in [0.3, 0.4) is 0 Å². The van der Waals surface area contributed by atoms with Crippen LogP contribution in [0.5, 0.6) is 0 Å². The normalized spacial score (nSPS) is 15.9. The van der Waals surface area contributed by atoms with Crippen molar-refractivity contribution in [1.29, 1.82) is 0 Å². The van der Waals surface area contributed by atoms with E-state index in [9.17, 15) is 28.8 Å². The lowest BCUT2D eigenvalue weighted by Gasteiger charge is -2.35. The predicted octanol–water partition coefficient (Wildman–Crippen LogP) is 3.08. The molecule has 3 unspecified atom stereocenters. The number of hydrogen-bond donors (Lipinski definition) is 5. The second kappa shape index (κ2) is 26.7. The van der Waals surface area contributed by atoms with E-state index in [4.69, 9.17) is 5.73 Å². The average molecular weight is 656 g/mol. The molecule has 13 heteroatoms. The molecule has 2 rings (SSSR count). The number of nitrogens with one attached hydrogen (secondary N) is 4. The molecule has 0 aromatic rings. The first-order valence-corrected chi connectivity index (χ1v) is 16.6. The van der Waals surface area contributed by atoms with Crippen LogP contribution in [-0.2, 0) is 24.0 Å². The van der Waals surface area contributed by atoms with Crippen molar-refractivity contribution >= 4 is 35.9 Å². The molecule has 6 N–H and O–H groups in total. The van der Waals surface area contributed by atoms with Crippen molar-refractivity contribution in [2.24, 2.45) is 11.1 Å². The zero-order chi connectivity index (χ0) is 36.5. The fourth-order valence-electron chi connectivity index (χ4n) is 3.76. The maximum Gasteiger partial charge on any atom is 0.315 e. The highest BCUT2D eigenvalue weighted by atomic mass is 16.2. The minimum atomic E-state index is -1.22. The number of carbonyl (C=O) groups is 6.